The van der Waals surface area contributed by atoms with Gasteiger partial charge in [-0.05, 0) is 37.1 Å². The summed E-state index contributed by atoms with van der Waals surface area (Å²) in [5.74, 6) is -2.08. The van der Waals surface area contributed by atoms with Crippen LogP contribution in [0.5, 0.6) is 0 Å². The van der Waals surface area contributed by atoms with Crippen molar-refractivity contribution in [1.82, 2.24) is 19.7 Å². The summed E-state index contributed by atoms with van der Waals surface area (Å²) in [7, 11) is -3.89. The van der Waals surface area contributed by atoms with Gasteiger partial charge in [-0.1, -0.05) is 11.6 Å². The summed E-state index contributed by atoms with van der Waals surface area (Å²) in [6.45, 7) is 0.241. The van der Waals surface area contributed by atoms with Gasteiger partial charge >= 0.3 is 6.09 Å². The van der Waals surface area contributed by atoms with Gasteiger partial charge in [-0.3, -0.25) is 4.90 Å². The SMILES string of the molecule is O=C1OC=C2C=C(F)C(F)=CC2N1C1CCN(S(=O)(=O)C2=CC=C(Cl)N3ONC=C23)CC1. The van der Waals surface area contributed by atoms with Crippen LogP contribution in [0.3, 0.4) is 0 Å². The van der Waals surface area contributed by atoms with Crippen molar-refractivity contribution in [3.63, 3.8) is 0 Å². The van der Waals surface area contributed by atoms with Crippen molar-refractivity contribution in [2.24, 2.45) is 0 Å². The first-order valence-corrected chi connectivity index (χ1v) is 11.5. The second kappa shape index (κ2) is 7.73. The van der Waals surface area contributed by atoms with Gasteiger partial charge in [0.25, 0.3) is 0 Å². The van der Waals surface area contributed by atoms with Gasteiger partial charge in [0.15, 0.2) is 11.7 Å². The van der Waals surface area contributed by atoms with Crippen molar-refractivity contribution in [3.05, 3.63) is 69.8 Å². The number of piperidine rings is 1. The summed E-state index contributed by atoms with van der Waals surface area (Å²) in [6.07, 6.45) is 7.23. The zero-order chi connectivity index (χ0) is 22.6. The van der Waals surface area contributed by atoms with Gasteiger partial charge in [-0.15, -0.1) is 0 Å². The highest BCUT2D eigenvalue weighted by Gasteiger charge is 2.42. The maximum atomic E-state index is 13.9. The van der Waals surface area contributed by atoms with Crippen molar-refractivity contribution in [2.75, 3.05) is 13.1 Å². The molecule has 1 aliphatic carbocycles. The van der Waals surface area contributed by atoms with Gasteiger partial charge in [-0.2, -0.15) is 14.3 Å². The van der Waals surface area contributed by atoms with Crippen LogP contribution >= 0.6 is 11.6 Å². The average Bonchev–Trinajstić information content (AvgIpc) is 3.26. The van der Waals surface area contributed by atoms with Crippen molar-refractivity contribution in [3.8, 4) is 0 Å². The first kappa shape index (κ1) is 21.2. The number of hydrogen-bond donors (Lipinski definition) is 1. The van der Waals surface area contributed by atoms with E-state index in [-0.39, 0.29) is 28.8 Å². The van der Waals surface area contributed by atoms with Crippen LogP contribution in [0.1, 0.15) is 12.8 Å². The summed E-state index contributed by atoms with van der Waals surface area (Å²) in [5, 5.41) is 1.36. The minimum atomic E-state index is -3.89. The van der Waals surface area contributed by atoms with Crippen LogP contribution in [-0.4, -0.2) is 54.0 Å². The molecule has 0 aromatic rings. The summed E-state index contributed by atoms with van der Waals surface area (Å²) < 4.78 is 60.3. The predicted octanol–water partition coefficient (Wildman–Crippen LogP) is 2.78. The van der Waals surface area contributed by atoms with Crippen molar-refractivity contribution in [2.45, 2.75) is 24.9 Å². The Bertz CT molecular complexity index is 1170. The lowest BCUT2D eigenvalue weighted by atomic mass is 9.95. The fraction of sp³-hybridized carbons (Fsp3) is 0.316. The van der Waals surface area contributed by atoms with E-state index in [1.54, 1.807) is 0 Å². The third-order valence-corrected chi connectivity index (χ3v) is 8.01. The molecule has 0 radical (unpaired) electrons. The highest BCUT2D eigenvalue weighted by Crippen LogP contribution is 2.37. The number of sulfonamides is 1. The number of hydroxylamine groups is 3. The Hall–Kier alpha value is -2.67. The average molecular weight is 487 g/mol. The minimum absolute atomic E-state index is 0.0193. The van der Waals surface area contributed by atoms with Crippen LogP contribution in [-0.2, 0) is 19.7 Å². The van der Waals surface area contributed by atoms with Crippen LogP contribution in [0, 0.1) is 0 Å². The predicted molar refractivity (Wildman–Crippen MR) is 108 cm³/mol. The van der Waals surface area contributed by atoms with E-state index >= 15 is 0 Å². The number of rotatable bonds is 3. The lowest BCUT2D eigenvalue weighted by molar-refractivity contribution is -0.117. The standard InChI is InChI=1S/C19H17ClF2N4O5S/c20-18-2-1-17(16-9-23-31-26(16)18)32(28,29)24-5-3-12(4-6-24)25-15-8-14(22)13(21)7-11(15)10-30-19(25)27/h1-2,7-10,12,15,23H,3-6H2. The number of ether oxygens (including phenoxy) is 1. The number of allylic oxidation sites excluding steroid dienone is 4. The molecule has 0 aromatic carbocycles. The van der Waals surface area contributed by atoms with Gasteiger partial charge in [0.2, 0.25) is 10.0 Å². The highest BCUT2D eigenvalue weighted by atomic mass is 35.5. The van der Waals surface area contributed by atoms with E-state index in [1.807, 2.05) is 0 Å². The fourth-order valence-corrected chi connectivity index (χ4v) is 6.02. The summed E-state index contributed by atoms with van der Waals surface area (Å²) >= 11 is 6.03. The molecular formula is C19H17ClF2N4O5S. The van der Waals surface area contributed by atoms with Crippen LogP contribution in [0.15, 0.2) is 69.8 Å². The minimum Gasteiger partial charge on any atom is -0.418 e. The fourth-order valence-electron chi connectivity index (χ4n) is 4.22. The zero-order valence-corrected chi connectivity index (χ0v) is 17.9. The lowest BCUT2D eigenvalue weighted by Gasteiger charge is -2.42. The Labute approximate surface area is 187 Å². The Morgan fingerprint density at radius 3 is 2.66 bits per heavy atom. The van der Waals surface area contributed by atoms with Crippen LogP contribution in [0.25, 0.3) is 0 Å². The van der Waals surface area contributed by atoms with E-state index in [9.17, 15) is 22.0 Å². The molecule has 5 aliphatic rings. The van der Waals surface area contributed by atoms with E-state index < -0.39 is 39.9 Å². The van der Waals surface area contributed by atoms with E-state index in [4.69, 9.17) is 21.3 Å². The molecule has 1 amide bonds. The van der Waals surface area contributed by atoms with Gasteiger partial charge in [0.05, 0.1) is 12.2 Å². The molecule has 170 valence electrons. The number of nitrogens with one attached hydrogen (secondary N) is 1. The normalized spacial score (nSPS) is 26.6. The van der Waals surface area contributed by atoms with Crippen LogP contribution < -0.4 is 5.48 Å². The molecule has 1 fully saturated rings. The Balaban J connectivity index is 1.33. The molecule has 1 unspecified atom stereocenters. The van der Waals surface area contributed by atoms with Crippen molar-refractivity contribution >= 4 is 27.7 Å². The number of amides is 1. The third-order valence-electron chi connectivity index (χ3n) is 5.79. The lowest BCUT2D eigenvalue weighted by Crippen LogP contribution is -2.54. The molecule has 1 N–H and O–H groups in total. The van der Waals surface area contributed by atoms with Gasteiger partial charge in [0.1, 0.15) is 22.0 Å². The van der Waals surface area contributed by atoms with E-state index in [0.29, 0.717) is 18.4 Å². The summed E-state index contributed by atoms with van der Waals surface area (Å²) in [5.41, 5.74) is 3.04. The molecule has 1 atom stereocenters. The first-order chi connectivity index (χ1) is 15.3. The number of cyclic esters (lactones) is 1. The largest absolute Gasteiger partial charge is 0.418 e. The summed E-state index contributed by atoms with van der Waals surface area (Å²) in [6, 6.07) is -1.22. The smallest absolute Gasteiger partial charge is 0.415 e. The van der Waals surface area contributed by atoms with E-state index in [2.05, 4.69) is 5.48 Å². The highest BCUT2D eigenvalue weighted by molar-refractivity contribution is 7.93. The number of nitrogens with zero attached hydrogens (tertiary/aromatic N) is 3. The van der Waals surface area contributed by atoms with Gasteiger partial charge in [0, 0.05) is 24.7 Å². The van der Waals surface area contributed by atoms with E-state index in [0.717, 1.165) is 23.5 Å². The number of carbonyl (C=O) groups excluding carboxylic acids is 1. The molecule has 0 saturated carbocycles. The Kier molecular flexibility index (Phi) is 5.12. The van der Waals surface area contributed by atoms with Gasteiger partial charge < -0.3 is 4.74 Å². The molecule has 5 rings (SSSR count). The third kappa shape index (κ3) is 3.34. The van der Waals surface area contributed by atoms with Crippen molar-refractivity contribution in [1.29, 1.82) is 0 Å². The molecule has 0 aromatic heterocycles. The molecule has 0 bridgehead atoms. The molecule has 1 saturated heterocycles. The Morgan fingerprint density at radius 2 is 1.91 bits per heavy atom. The Morgan fingerprint density at radius 1 is 1.16 bits per heavy atom. The maximum absolute atomic E-state index is 13.9. The second-order valence-corrected chi connectivity index (χ2v) is 9.84. The molecular weight excluding hydrogens is 470 g/mol. The molecule has 4 heterocycles. The van der Waals surface area contributed by atoms with Gasteiger partial charge in [-0.25, -0.2) is 27.5 Å². The number of halogens is 3. The monoisotopic (exact) mass is 486 g/mol. The zero-order valence-electron chi connectivity index (χ0n) is 16.4. The second-order valence-electron chi connectivity index (χ2n) is 7.55. The van der Waals surface area contributed by atoms with Crippen LogP contribution in [0.2, 0.25) is 0 Å². The first-order valence-electron chi connectivity index (χ1n) is 9.72. The number of fused-ring (bicyclic) bond motifs is 2. The molecule has 9 nitrogen and oxygen atoms in total. The molecule has 4 aliphatic heterocycles. The quantitative estimate of drug-likeness (QED) is 0.613. The molecule has 13 heteroatoms. The van der Waals surface area contributed by atoms with Crippen LogP contribution in [0.4, 0.5) is 13.6 Å². The van der Waals surface area contributed by atoms with E-state index in [1.165, 1.54) is 27.6 Å². The van der Waals surface area contributed by atoms with Crippen molar-refractivity contribution < 1.29 is 31.7 Å². The molecule has 32 heavy (non-hydrogen) atoms. The molecule has 0 spiro atoms. The number of carbonyl (C=O) groups is 1. The number of hydrogen-bond acceptors (Lipinski definition) is 7. The topological polar surface area (TPSA) is 91.4 Å². The maximum Gasteiger partial charge on any atom is 0.415 e. The summed E-state index contributed by atoms with van der Waals surface area (Å²) in [4.78, 5) is 18.9.